The third-order valence-corrected chi connectivity index (χ3v) is 12.1. The number of anilines is 2. The molecule has 0 bridgehead atoms. The van der Waals surface area contributed by atoms with Crippen molar-refractivity contribution < 1.29 is 0 Å². The van der Waals surface area contributed by atoms with Crippen LogP contribution >= 0.6 is 11.3 Å². The predicted molar refractivity (Wildman–Crippen MR) is 226 cm³/mol. The molecule has 0 amide bonds. The maximum absolute atomic E-state index is 4.19. The first-order valence-corrected chi connectivity index (χ1v) is 18.7. The Balaban J connectivity index is 1.30. The van der Waals surface area contributed by atoms with E-state index in [-0.39, 0.29) is 5.41 Å². The van der Waals surface area contributed by atoms with Crippen LogP contribution in [0.4, 0.5) is 11.4 Å². The zero-order valence-electron chi connectivity index (χ0n) is 30.3. The summed E-state index contributed by atoms with van der Waals surface area (Å²) in [6, 6.07) is 40.9. The molecule has 0 atom stereocenters. The van der Waals surface area contributed by atoms with Crippen molar-refractivity contribution >= 4 is 66.5 Å². The SMILES string of the molecule is C=Cc1c(/C=C\C)sc2c(N(C(=C/C)/C(C)=C\C)c3ccc4c(c3)C(C)(C)c3cc(-c5cc6ccccc6c6ccccc56)ccc3-4)cccc12. The zero-order valence-corrected chi connectivity index (χ0v) is 31.2. The molecule has 250 valence electrons. The van der Waals surface area contributed by atoms with Crippen LogP contribution in [-0.4, -0.2) is 0 Å². The van der Waals surface area contributed by atoms with E-state index in [0.29, 0.717) is 0 Å². The molecule has 1 heterocycles. The average Bonchev–Trinajstić information content (AvgIpc) is 3.63. The van der Waals surface area contributed by atoms with Gasteiger partial charge in [-0.1, -0.05) is 124 Å². The summed E-state index contributed by atoms with van der Waals surface area (Å²) in [7, 11) is 0. The summed E-state index contributed by atoms with van der Waals surface area (Å²) in [5.74, 6) is 0. The molecule has 6 aromatic carbocycles. The lowest BCUT2D eigenvalue weighted by atomic mass is 9.81. The predicted octanol–water partition coefficient (Wildman–Crippen LogP) is 14.9. The van der Waals surface area contributed by atoms with Gasteiger partial charge >= 0.3 is 0 Å². The van der Waals surface area contributed by atoms with Gasteiger partial charge in [0.2, 0.25) is 0 Å². The van der Waals surface area contributed by atoms with E-state index in [1.54, 1.807) is 0 Å². The van der Waals surface area contributed by atoms with Crippen molar-refractivity contribution in [2.75, 3.05) is 4.90 Å². The molecule has 1 aromatic heterocycles. The summed E-state index contributed by atoms with van der Waals surface area (Å²) < 4.78 is 1.26. The molecule has 0 unspecified atom stereocenters. The van der Waals surface area contributed by atoms with Gasteiger partial charge in [-0.25, -0.2) is 0 Å². The van der Waals surface area contributed by atoms with Crippen molar-refractivity contribution in [2.45, 2.75) is 47.0 Å². The van der Waals surface area contributed by atoms with Crippen molar-refractivity contribution in [3.8, 4) is 22.3 Å². The Bertz CT molecular complexity index is 2620. The molecule has 8 rings (SSSR count). The first-order chi connectivity index (χ1) is 24.8. The standard InChI is InChI=1S/C49H43NS/c1-8-17-47-35(10-3)41-22-16-23-46(48(41)51-47)50(45(11-4)31(5)9-2)34-25-27-40-39-26-24-33(29-43(39)49(6,7)44(40)30-34)42-28-32-18-12-13-19-36(32)37-20-14-15-21-38(37)42/h8-30H,3H2,1-2,4-7H3/b17-8-,31-9-,45-11+. The highest BCUT2D eigenvalue weighted by Crippen LogP contribution is 2.52. The fourth-order valence-electron chi connectivity index (χ4n) is 8.22. The van der Waals surface area contributed by atoms with Crippen LogP contribution in [-0.2, 0) is 5.41 Å². The van der Waals surface area contributed by atoms with Gasteiger partial charge in [-0.15, -0.1) is 11.3 Å². The largest absolute Gasteiger partial charge is 0.309 e. The fourth-order valence-corrected chi connectivity index (χ4v) is 9.50. The van der Waals surface area contributed by atoms with Crippen LogP contribution in [0.5, 0.6) is 0 Å². The molecule has 0 N–H and O–H groups in total. The second-order valence-electron chi connectivity index (χ2n) is 14.0. The van der Waals surface area contributed by atoms with E-state index in [2.05, 4.69) is 187 Å². The Morgan fingerprint density at radius 3 is 2.10 bits per heavy atom. The van der Waals surface area contributed by atoms with Crippen LogP contribution in [0.2, 0.25) is 0 Å². The first-order valence-electron chi connectivity index (χ1n) is 17.9. The van der Waals surface area contributed by atoms with Crippen LogP contribution in [0.1, 0.15) is 63.1 Å². The van der Waals surface area contributed by atoms with Crippen LogP contribution in [0.3, 0.4) is 0 Å². The second-order valence-corrected chi connectivity index (χ2v) is 15.1. The minimum absolute atomic E-state index is 0.190. The van der Waals surface area contributed by atoms with Gasteiger partial charge in [0, 0.05) is 27.1 Å². The van der Waals surface area contributed by atoms with E-state index < -0.39 is 0 Å². The van der Waals surface area contributed by atoms with Crippen LogP contribution in [0.15, 0.2) is 145 Å². The molecular weight excluding hydrogens is 635 g/mol. The molecule has 0 saturated carbocycles. The van der Waals surface area contributed by atoms with Crippen molar-refractivity contribution in [3.05, 3.63) is 167 Å². The molecule has 7 aromatic rings. The Kier molecular flexibility index (Phi) is 8.16. The van der Waals surface area contributed by atoms with Crippen LogP contribution < -0.4 is 4.90 Å². The lowest BCUT2D eigenvalue weighted by Gasteiger charge is -2.31. The highest BCUT2D eigenvalue weighted by Gasteiger charge is 2.36. The molecule has 0 spiro atoms. The van der Waals surface area contributed by atoms with E-state index >= 15 is 0 Å². The van der Waals surface area contributed by atoms with Gasteiger partial charge in [0.1, 0.15) is 0 Å². The van der Waals surface area contributed by atoms with Gasteiger partial charge in [-0.3, -0.25) is 0 Å². The van der Waals surface area contributed by atoms with Gasteiger partial charge in [0.15, 0.2) is 0 Å². The molecule has 2 heteroatoms. The molecule has 0 fully saturated rings. The maximum Gasteiger partial charge on any atom is 0.0640 e. The van der Waals surface area contributed by atoms with Crippen LogP contribution in [0, 0.1) is 0 Å². The average molecular weight is 678 g/mol. The summed E-state index contributed by atoms with van der Waals surface area (Å²) in [5.41, 5.74) is 13.7. The zero-order chi connectivity index (χ0) is 35.4. The topological polar surface area (TPSA) is 3.24 Å². The third-order valence-electron chi connectivity index (χ3n) is 10.9. The highest BCUT2D eigenvalue weighted by atomic mass is 32.1. The molecule has 0 radical (unpaired) electrons. The number of thiophene rings is 1. The van der Waals surface area contributed by atoms with E-state index in [1.165, 1.54) is 98.1 Å². The number of nitrogens with zero attached hydrogens (tertiary/aromatic N) is 1. The lowest BCUT2D eigenvalue weighted by molar-refractivity contribution is 0.660. The van der Waals surface area contributed by atoms with Crippen molar-refractivity contribution in [2.24, 2.45) is 0 Å². The number of rotatable bonds is 7. The van der Waals surface area contributed by atoms with Gasteiger partial charge in [0.25, 0.3) is 0 Å². The third kappa shape index (κ3) is 5.12. The second kappa shape index (κ2) is 12.7. The fraction of sp³-hybridized carbons (Fsp3) is 0.143. The van der Waals surface area contributed by atoms with Crippen LogP contribution in [0.25, 0.3) is 66.0 Å². The Labute approximate surface area is 306 Å². The quantitative estimate of drug-likeness (QED) is 0.120. The van der Waals surface area contributed by atoms with Gasteiger partial charge < -0.3 is 4.90 Å². The molecule has 1 aliphatic carbocycles. The molecular formula is C49H43NS. The van der Waals surface area contributed by atoms with E-state index in [1.807, 2.05) is 17.4 Å². The van der Waals surface area contributed by atoms with Gasteiger partial charge in [0.05, 0.1) is 10.4 Å². The van der Waals surface area contributed by atoms with Gasteiger partial charge in [-0.2, -0.15) is 0 Å². The number of hydrogen-bond acceptors (Lipinski definition) is 2. The number of benzene rings is 6. The van der Waals surface area contributed by atoms with Crippen molar-refractivity contribution in [1.82, 2.24) is 0 Å². The van der Waals surface area contributed by atoms with Crippen molar-refractivity contribution in [3.63, 3.8) is 0 Å². The molecule has 1 nitrogen and oxygen atoms in total. The Morgan fingerprint density at radius 1 is 0.686 bits per heavy atom. The smallest absolute Gasteiger partial charge is 0.0640 e. The maximum atomic E-state index is 4.19. The summed E-state index contributed by atoms with van der Waals surface area (Å²) >= 11 is 1.84. The highest BCUT2D eigenvalue weighted by molar-refractivity contribution is 7.20. The summed E-state index contributed by atoms with van der Waals surface area (Å²) in [4.78, 5) is 3.70. The van der Waals surface area contributed by atoms with Crippen molar-refractivity contribution in [1.29, 1.82) is 0 Å². The van der Waals surface area contributed by atoms with E-state index in [4.69, 9.17) is 0 Å². The molecule has 51 heavy (non-hydrogen) atoms. The number of allylic oxidation sites excluding steroid dienone is 4. The molecule has 0 aliphatic heterocycles. The lowest BCUT2D eigenvalue weighted by Crippen LogP contribution is -2.19. The minimum Gasteiger partial charge on any atom is -0.309 e. The number of hydrogen-bond donors (Lipinski definition) is 0. The van der Waals surface area contributed by atoms with Gasteiger partial charge in [-0.05, 0) is 130 Å². The molecule has 1 aliphatic rings. The van der Waals surface area contributed by atoms with E-state index in [0.717, 1.165) is 0 Å². The minimum atomic E-state index is -0.190. The summed E-state index contributed by atoms with van der Waals surface area (Å²) in [6.07, 6.45) is 10.8. The monoisotopic (exact) mass is 677 g/mol. The summed E-state index contributed by atoms with van der Waals surface area (Å²) in [6.45, 7) is 17.5. The first kappa shape index (κ1) is 32.7. The summed E-state index contributed by atoms with van der Waals surface area (Å²) in [5, 5.41) is 6.40. The molecule has 0 saturated heterocycles. The Morgan fingerprint density at radius 2 is 1.37 bits per heavy atom. The Hall–Kier alpha value is -5.44. The normalized spacial score (nSPS) is 14.1. The number of fused-ring (bicyclic) bond motifs is 7. The van der Waals surface area contributed by atoms with E-state index in [9.17, 15) is 0 Å².